The molecule has 2 aliphatic heterocycles. The van der Waals surface area contributed by atoms with E-state index in [4.69, 9.17) is 5.41 Å². The summed E-state index contributed by atoms with van der Waals surface area (Å²) in [4.78, 5) is 19.0. The van der Waals surface area contributed by atoms with E-state index in [0.717, 1.165) is 33.3 Å². The molecule has 35 heavy (non-hydrogen) atoms. The number of para-hydroxylation sites is 1. The van der Waals surface area contributed by atoms with Crippen LogP contribution in [0.15, 0.2) is 101 Å². The van der Waals surface area contributed by atoms with Crippen LogP contribution in [0.1, 0.15) is 16.7 Å². The number of fused-ring (bicyclic) bond motifs is 2. The lowest BCUT2D eigenvalue weighted by molar-refractivity contribution is -0.114. The number of nitrogens with zero attached hydrogens (tertiary/aromatic N) is 3. The van der Waals surface area contributed by atoms with Crippen LogP contribution in [0.4, 0.5) is 4.39 Å². The highest BCUT2D eigenvalue weighted by atomic mass is 32.2. The number of thioether (sulfide) groups is 1. The molecule has 4 aromatic rings. The van der Waals surface area contributed by atoms with Crippen molar-refractivity contribution in [2.75, 3.05) is 0 Å². The van der Waals surface area contributed by atoms with Crippen LogP contribution >= 0.6 is 11.8 Å². The maximum atomic E-state index is 13.4. The van der Waals surface area contributed by atoms with E-state index < -0.39 is 5.91 Å². The third kappa shape index (κ3) is 3.80. The quantitative estimate of drug-likeness (QED) is 0.359. The minimum atomic E-state index is -0.424. The molecule has 0 aliphatic carbocycles. The van der Waals surface area contributed by atoms with Gasteiger partial charge in [0.05, 0.1) is 11.3 Å². The molecule has 7 heteroatoms. The summed E-state index contributed by atoms with van der Waals surface area (Å²) in [6.07, 6.45) is 3.72. The van der Waals surface area contributed by atoms with E-state index in [0.29, 0.717) is 11.7 Å². The summed E-state index contributed by atoms with van der Waals surface area (Å²) in [6.45, 7) is 0.557. The zero-order valence-electron chi connectivity index (χ0n) is 18.5. The number of halogens is 1. The third-order valence-corrected chi connectivity index (χ3v) is 6.90. The van der Waals surface area contributed by atoms with Crippen LogP contribution in [0.25, 0.3) is 22.7 Å². The van der Waals surface area contributed by atoms with Gasteiger partial charge in [0.15, 0.2) is 5.17 Å². The van der Waals surface area contributed by atoms with Gasteiger partial charge in [-0.25, -0.2) is 4.39 Å². The molecule has 1 amide bonds. The molecule has 0 spiro atoms. The molecule has 1 aromatic heterocycles. The van der Waals surface area contributed by atoms with Crippen molar-refractivity contribution in [1.82, 2.24) is 9.47 Å². The molecule has 0 atom stereocenters. The van der Waals surface area contributed by atoms with E-state index in [9.17, 15) is 9.18 Å². The monoisotopic (exact) mass is 478 g/mol. The maximum absolute atomic E-state index is 13.4. The van der Waals surface area contributed by atoms with E-state index in [1.165, 1.54) is 23.9 Å². The highest BCUT2D eigenvalue weighted by Gasteiger charge is 2.36. The normalized spacial score (nSPS) is 16.6. The zero-order chi connectivity index (χ0) is 23.9. The number of nitrogens with one attached hydrogen (secondary N) is 1. The molecule has 0 saturated carbocycles. The molecule has 0 unspecified atom stereocenters. The fourth-order valence-electron chi connectivity index (χ4n) is 4.38. The van der Waals surface area contributed by atoms with E-state index in [-0.39, 0.29) is 17.2 Å². The minimum absolute atomic E-state index is 0.107. The Morgan fingerprint density at radius 3 is 2.51 bits per heavy atom. The Morgan fingerprint density at radius 2 is 1.71 bits per heavy atom. The second-order valence-electron chi connectivity index (χ2n) is 8.28. The van der Waals surface area contributed by atoms with Crippen molar-refractivity contribution < 1.29 is 9.18 Å². The lowest BCUT2D eigenvalue weighted by Crippen LogP contribution is -2.37. The van der Waals surface area contributed by atoms with Crippen LogP contribution in [0.2, 0.25) is 0 Å². The molecular formula is C28H19FN4OS. The third-order valence-electron chi connectivity index (χ3n) is 6.07. The summed E-state index contributed by atoms with van der Waals surface area (Å²) in [6, 6.07) is 24.1. The number of rotatable bonds is 4. The van der Waals surface area contributed by atoms with Gasteiger partial charge in [0.1, 0.15) is 11.7 Å². The lowest BCUT2D eigenvalue weighted by atomic mass is 10.1. The summed E-state index contributed by atoms with van der Waals surface area (Å²) in [7, 11) is 0. The van der Waals surface area contributed by atoms with Gasteiger partial charge in [0.25, 0.3) is 5.91 Å². The highest BCUT2D eigenvalue weighted by Crippen LogP contribution is 2.37. The summed E-state index contributed by atoms with van der Waals surface area (Å²) < 4.78 is 15.4. The predicted octanol–water partition coefficient (Wildman–Crippen LogP) is 6.13. The molecule has 5 nitrogen and oxygen atoms in total. The minimum Gasteiger partial charge on any atom is -0.342 e. The number of carbonyl (C=O) groups is 1. The molecule has 0 radical (unpaired) electrons. The summed E-state index contributed by atoms with van der Waals surface area (Å²) in [5.41, 5.74) is 4.81. The van der Waals surface area contributed by atoms with E-state index in [2.05, 4.69) is 9.56 Å². The van der Waals surface area contributed by atoms with Crippen LogP contribution in [-0.2, 0) is 11.3 Å². The maximum Gasteiger partial charge on any atom is 0.283 e. The lowest BCUT2D eigenvalue weighted by Gasteiger charge is -2.26. The van der Waals surface area contributed by atoms with Crippen molar-refractivity contribution in [2.24, 2.45) is 4.99 Å². The first kappa shape index (κ1) is 21.3. The van der Waals surface area contributed by atoms with Crippen molar-refractivity contribution in [3.63, 3.8) is 0 Å². The van der Waals surface area contributed by atoms with Crippen molar-refractivity contribution >= 4 is 51.3 Å². The van der Waals surface area contributed by atoms with Gasteiger partial charge < -0.3 is 4.57 Å². The molecule has 1 N–H and O–H groups in total. The largest absolute Gasteiger partial charge is 0.342 e. The van der Waals surface area contributed by atoms with Gasteiger partial charge in [0, 0.05) is 34.6 Å². The number of hydrogen-bond acceptors (Lipinski definition) is 3. The van der Waals surface area contributed by atoms with Crippen molar-refractivity contribution in [3.05, 3.63) is 119 Å². The van der Waals surface area contributed by atoms with Crippen LogP contribution in [0, 0.1) is 11.2 Å². The molecule has 6 rings (SSSR count). The second kappa shape index (κ2) is 8.52. The van der Waals surface area contributed by atoms with Gasteiger partial charge in [-0.05, 0) is 35.4 Å². The first-order valence-corrected chi connectivity index (χ1v) is 11.9. The van der Waals surface area contributed by atoms with Gasteiger partial charge in [-0.1, -0.05) is 72.4 Å². The second-order valence-corrected chi connectivity index (χ2v) is 9.12. The molecule has 0 fully saturated rings. The summed E-state index contributed by atoms with van der Waals surface area (Å²) >= 11 is 1.35. The Morgan fingerprint density at radius 1 is 0.971 bits per heavy atom. The van der Waals surface area contributed by atoms with Gasteiger partial charge in [-0.15, -0.1) is 0 Å². The summed E-state index contributed by atoms with van der Waals surface area (Å²) in [5.74, 6) is -0.586. The topological polar surface area (TPSA) is 61.5 Å². The smallest absolute Gasteiger partial charge is 0.283 e. The van der Waals surface area contributed by atoms with E-state index in [1.54, 1.807) is 23.1 Å². The number of amides is 1. The standard InChI is InChI=1S/C28H19FN4OS/c29-21-12-10-18(11-13-21)15-32-16-20(22-8-4-5-9-24(22)32)14-23-26(30)33-25(19-6-2-1-3-7-19)17-35-28(33)31-27(23)34/h1-14,16-17,30H,15H2/b23-14-,30-26?. The average Bonchev–Trinajstić information content (AvgIpc) is 3.45. The predicted molar refractivity (Wildman–Crippen MR) is 139 cm³/mol. The van der Waals surface area contributed by atoms with Crippen LogP contribution < -0.4 is 0 Å². The molecular weight excluding hydrogens is 459 g/mol. The van der Waals surface area contributed by atoms with E-state index >= 15 is 0 Å². The van der Waals surface area contributed by atoms with Crippen LogP contribution in [0.5, 0.6) is 0 Å². The number of aliphatic imine (C=N–C) groups is 1. The average molecular weight is 479 g/mol. The van der Waals surface area contributed by atoms with Gasteiger partial charge in [-0.2, -0.15) is 4.99 Å². The summed E-state index contributed by atoms with van der Waals surface area (Å²) in [5, 5.41) is 12.3. The zero-order valence-corrected chi connectivity index (χ0v) is 19.3. The molecule has 0 saturated heterocycles. The van der Waals surface area contributed by atoms with Crippen molar-refractivity contribution in [2.45, 2.75) is 6.54 Å². The van der Waals surface area contributed by atoms with Crippen LogP contribution in [0.3, 0.4) is 0 Å². The molecule has 2 aliphatic rings. The SMILES string of the molecule is N=C1/C(=C/c2cn(Cc3ccc(F)cc3)c3ccccc23)C(=O)N=C2SC=C(c3ccccc3)N12. The van der Waals surface area contributed by atoms with Gasteiger partial charge >= 0.3 is 0 Å². The Balaban J connectivity index is 1.40. The Bertz CT molecular complexity index is 1580. The van der Waals surface area contributed by atoms with Gasteiger partial charge in [-0.3, -0.25) is 15.1 Å². The Hall–Kier alpha value is -4.23. The fourth-order valence-corrected chi connectivity index (χ4v) is 5.27. The molecule has 170 valence electrons. The number of benzene rings is 3. The van der Waals surface area contributed by atoms with Gasteiger partial charge in [0.2, 0.25) is 0 Å². The number of hydrogen-bond donors (Lipinski definition) is 1. The first-order valence-electron chi connectivity index (χ1n) is 11.1. The molecule has 3 aromatic carbocycles. The van der Waals surface area contributed by atoms with Crippen molar-refractivity contribution in [3.8, 4) is 0 Å². The fraction of sp³-hybridized carbons (Fsp3) is 0.0357. The highest BCUT2D eigenvalue weighted by molar-refractivity contribution is 8.17. The number of aromatic nitrogens is 1. The number of amidine groups is 2. The molecule has 3 heterocycles. The van der Waals surface area contributed by atoms with Crippen LogP contribution in [-0.4, -0.2) is 26.4 Å². The molecule has 0 bridgehead atoms. The number of carbonyl (C=O) groups excluding carboxylic acids is 1. The Kier molecular flexibility index (Phi) is 5.19. The van der Waals surface area contributed by atoms with E-state index in [1.807, 2.05) is 66.2 Å². The first-order chi connectivity index (χ1) is 17.1. The van der Waals surface area contributed by atoms with Crippen molar-refractivity contribution in [1.29, 1.82) is 5.41 Å². The Labute approximate surface area is 205 Å².